The van der Waals surface area contributed by atoms with Gasteiger partial charge in [0.05, 0.1) is 22.8 Å². The van der Waals surface area contributed by atoms with Gasteiger partial charge in [-0.05, 0) is 30.7 Å². The Hall–Kier alpha value is -3.26. The summed E-state index contributed by atoms with van der Waals surface area (Å²) < 4.78 is 0. The van der Waals surface area contributed by atoms with E-state index in [1.807, 2.05) is 12.1 Å². The van der Waals surface area contributed by atoms with Crippen molar-refractivity contribution in [3.8, 4) is 22.5 Å². The van der Waals surface area contributed by atoms with E-state index in [1.54, 1.807) is 0 Å². The molecule has 0 saturated carbocycles. The van der Waals surface area contributed by atoms with E-state index in [2.05, 4.69) is 78.9 Å². The molecule has 0 N–H and O–H groups in total. The fourth-order valence-electron chi connectivity index (χ4n) is 4.12. The lowest BCUT2D eigenvalue weighted by Crippen LogP contribution is -2.17. The van der Waals surface area contributed by atoms with Crippen LogP contribution in [0.3, 0.4) is 0 Å². The second kappa shape index (κ2) is 7.40. The van der Waals surface area contributed by atoms with Crippen molar-refractivity contribution >= 4 is 0 Å². The largest absolute Gasteiger partial charge is 0.249 e. The topological polar surface area (TPSA) is 25.8 Å². The number of hydrogen-bond acceptors (Lipinski definition) is 2. The van der Waals surface area contributed by atoms with Gasteiger partial charge in [-0.3, -0.25) is 0 Å². The summed E-state index contributed by atoms with van der Waals surface area (Å²) in [5.41, 5.74) is 7.94. The summed E-state index contributed by atoms with van der Waals surface area (Å²) in [7, 11) is 0. The van der Waals surface area contributed by atoms with Gasteiger partial charge in [0.15, 0.2) is 0 Å². The highest BCUT2D eigenvalue weighted by Crippen LogP contribution is 2.35. The number of aromatic nitrogens is 2. The van der Waals surface area contributed by atoms with Gasteiger partial charge < -0.3 is 0 Å². The van der Waals surface area contributed by atoms with Crippen molar-refractivity contribution in [3.63, 3.8) is 0 Å². The summed E-state index contributed by atoms with van der Waals surface area (Å²) >= 11 is 0. The second-order valence-corrected chi connectivity index (χ2v) is 7.40. The first-order chi connectivity index (χ1) is 13.9. The zero-order valence-electron chi connectivity index (χ0n) is 15.8. The maximum absolute atomic E-state index is 5.17. The van der Waals surface area contributed by atoms with Crippen LogP contribution in [0.5, 0.6) is 0 Å². The fourth-order valence-corrected chi connectivity index (χ4v) is 4.12. The molecule has 0 amide bonds. The Morgan fingerprint density at radius 2 is 1.07 bits per heavy atom. The third-order valence-corrected chi connectivity index (χ3v) is 5.59. The first-order valence-corrected chi connectivity index (χ1v) is 9.94. The number of hydrogen-bond donors (Lipinski definition) is 0. The first kappa shape index (κ1) is 16.9. The lowest BCUT2D eigenvalue weighted by Gasteiger charge is -2.25. The van der Waals surface area contributed by atoms with Crippen molar-refractivity contribution in [2.45, 2.75) is 25.2 Å². The highest BCUT2D eigenvalue weighted by atomic mass is 14.9. The van der Waals surface area contributed by atoms with Gasteiger partial charge in [0.25, 0.3) is 0 Å². The Balaban J connectivity index is 1.61. The Labute approximate surface area is 165 Å². The molecular weight excluding hydrogens is 340 g/mol. The summed E-state index contributed by atoms with van der Waals surface area (Å²) in [6.45, 7) is 0. The van der Waals surface area contributed by atoms with Gasteiger partial charge in [0.1, 0.15) is 0 Å². The van der Waals surface area contributed by atoms with Crippen molar-refractivity contribution in [1.82, 2.24) is 9.97 Å². The second-order valence-electron chi connectivity index (χ2n) is 7.40. The molecule has 0 saturated heterocycles. The predicted molar refractivity (Wildman–Crippen MR) is 114 cm³/mol. The van der Waals surface area contributed by atoms with Gasteiger partial charge in [0, 0.05) is 11.1 Å². The summed E-state index contributed by atoms with van der Waals surface area (Å²) in [6.07, 6.45) is 3.07. The smallest absolute Gasteiger partial charge is 0.0968 e. The lowest BCUT2D eigenvalue weighted by molar-refractivity contribution is 0.562. The molecule has 28 heavy (non-hydrogen) atoms. The molecule has 0 spiro atoms. The Morgan fingerprint density at radius 1 is 0.571 bits per heavy atom. The van der Waals surface area contributed by atoms with E-state index >= 15 is 0 Å². The third kappa shape index (κ3) is 3.22. The van der Waals surface area contributed by atoms with Crippen LogP contribution in [0.2, 0.25) is 0 Å². The molecule has 3 aromatic carbocycles. The minimum absolute atomic E-state index is 0.522. The summed E-state index contributed by atoms with van der Waals surface area (Å²) in [6, 6.07) is 31.7. The van der Waals surface area contributed by atoms with E-state index in [0.29, 0.717) is 5.92 Å². The molecule has 1 aliphatic carbocycles. The highest BCUT2D eigenvalue weighted by Gasteiger charge is 2.24. The van der Waals surface area contributed by atoms with Crippen LogP contribution in [-0.4, -0.2) is 9.97 Å². The molecular formula is C26H22N2. The Morgan fingerprint density at radius 3 is 1.64 bits per heavy atom. The summed E-state index contributed by atoms with van der Waals surface area (Å²) in [5, 5.41) is 0. The molecule has 1 aliphatic rings. The minimum Gasteiger partial charge on any atom is -0.249 e. The van der Waals surface area contributed by atoms with Gasteiger partial charge in [-0.1, -0.05) is 91.0 Å². The van der Waals surface area contributed by atoms with Crippen LogP contribution in [0.4, 0.5) is 0 Å². The maximum Gasteiger partial charge on any atom is 0.0968 e. The van der Waals surface area contributed by atoms with E-state index in [4.69, 9.17) is 9.97 Å². The van der Waals surface area contributed by atoms with Gasteiger partial charge in [-0.25, -0.2) is 9.97 Å². The van der Waals surface area contributed by atoms with Crippen LogP contribution in [0.25, 0.3) is 22.5 Å². The van der Waals surface area contributed by atoms with Crippen LogP contribution >= 0.6 is 0 Å². The normalized spacial score (nSPS) is 15.8. The maximum atomic E-state index is 5.17. The van der Waals surface area contributed by atoms with E-state index in [-0.39, 0.29) is 0 Å². The number of rotatable bonds is 3. The fraction of sp³-hybridized carbons (Fsp3) is 0.154. The molecule has 0 aliphatic heterocycles. The summed E-state index contributed by atoms with van der Waals surface area (Å²) in [5.74, 6) is 0.522. The molecule has 136 valence electrons. The Bertz CT molecular complexity index is 1070. The van der Waals surface area contributed by atoms with Gasteiger partial charge >= 0.3 is 0 Å². The van der Waals surface area contributed by atoms with Crippen molar-refractivity contribution in [3.05, 3.63) is 108 Å². The van der Waals surface area contributed by atoms with Crippen LogP contribution in [-0.2, 0) is 12.8 Å². The molecule has 1 unspecified atom stereocenters. The van der Waals surface area contributed by atoms with Gasteiger partial charge in [-0.2, -0.15) is 0 Å². The molecule has 2 heteroatoms. The quantitative estimate of drug-likeness (QED) is 0.441. The van der Waals surface area contributed by atoms with E-state index in [1.165, 1.54) is 5.56 Å². The van der Waals surface area contributed by atoms with Crippen LogP contribution < -0.4 is 0 Å². The average molecular weight is 362 g/mol. The average Bonchev–Trinajstić information content (AvgIpc) is 2.79. The highest BCUT2D eigenvalue weighted by molar-refractivity contribution is 5.78. The molecule has 5 rings (SSSR count). The monoisotopic (exact) mass is 362 g/mol. The molecule has 0 fully saturated rings. The first-order valence-electron chi connectivity index (χ1n) is 9.94. The van der Waals surface area contributed by atoms with Crippen molar-refractivity contribution in [1.29, 1.82) is 0 Å². The van der Waals surface area contributed by atoms with E-state index in [0.717, 1.165) is 53.2 Å². The SMILES string of the molecule is c1ccc(-c2nc3c(nc2-c2ccccc2)CC(c2ccccc2)CC3)cc1. The van der Waals surface area contributed by atoms with Crippen molar-refractivity contribution in [2.75, 3.05) is 0 Å². The molecule has 1 atom stereocenters. The van der Waals surface area contributed by atoms with Crippen LogP contribution in [0.15, 0.2) is 91.0 Å². The minimum atomic E-state index is 0.522. The summed E-state index contributed by atoms with van der Waals surface area (Å²) in [4.78, 5) is 10.3. The number of benzene rings is 3. The van der Waals surface area contributed by atoms with Crippen molar-refractivity contribution < 1.29 is 0 Å². The molecule has 0 bridgehead atoms. The Kier molecular flexibility index (Phi) is 4.46. The standard InChI is InChI=1S/C26H22N2/c1-4-10-19(11-5-1)22-16-17-23-24(18-22)28-26(21-14-8-3-9-15-21)25(27-23)20-12-6-2-7-13-20/h1-15,22H,16-18H2. The zero-order valence-corrected chi connectivity index (χ0v) is 15.8. The molecule has 1 aromatic heterocycles. The van der Waals surface area contributed by atoms with E-state index in [9.17, 15) is 0 Å². The number of aryl methyl sites for hydroxylation is 1. The number of fused-ring (bicyclic) bond motifs is 1. The van der Waals surface area contributed by atoms with Gasteiger partial charge in [-0.15, -0.1) is 0 Å². The molecule has 1 heterocycles. The van der Waals surface area contributed by atoms with Crippen LogP contribution in [0.1, 0.15) is 29.3 Å². The van der Waals surface area contributed by atoms with Gasteiger partial charge in [0.2, 0.25) is 0 Å². The van der Waals surface area contributed by atoms with Crippen LogP contribution in [0, 0.1) is 0 Å². The molecule has 4 aromatic rings. The van der Waals surface area contributed by atoms with E-state index < -0.39 is 0 Å². The zero-order chi connectivity index (χ0) is 18.8. The third-order valence-electron chi connectivity index (χ3n) is 5.59. The molecule has 0 radical (unpaired) electrons. The lowest BCUT2D eigenvalue weighted by atomic mass is 9.84. The number of nitrogens with zero attached hydrogens (tertiary/aromatic N) is 2. The predicted octanol–water partition coefficient (Wildman–Crippen LogP) is 6.08. The van der Waals surface area contributed by atoms with Crippen molar-refractivity contribution in [2.24, 2.45) is 0 Å². The molecule has 2 nitrogen and oxygen atoms in total.